The number of ether oxygens (including phenoxy) is 2. The van der Waals surface area contributed by atoms with Crippen molar-refractivity contribution in [2.75, 3.05) is 20.3 Å². The SMILES string of the molecule is CC[C@@H](C(=O)NC(C)(C)C)N(CCc1ccccc1)C(=O)COc1ccccc1OC. The number of nitrogens with one attached hydrogen (secondary N) is 1. The fraction of sp³-hybridized carbons (Fsp3) is 0.440. The summed E-state index contributed by atoms with van der Waals surface area (Å²) in [4.78, 5) is 27.8. The summed E-state index contributed by atoms with van der Waals surface area (Å²) >= 11 is 0. The van der Waals surface area contributed by atoms with Crippen molar-refractivity contribution in [1.29, 1.82) is 0 Å². The molecular weight excluding hydrogens is 392 g/mol. The fourth-order valence-corrected chi connectivity index (χ4v) is 3.31. The number of hydrogen-bond acceptors (Lipinski definition) is 4. The van der Waals surface area contributed by atoms with Gasteiger partial charge in [-0.25, -0.2) is 0 Å². The monoisotopic (exact) mass is 426 g/mol. The van der Waals surface area contributed by atoms with Crippen LogP contribution in [-0.4, -0.2) is 48.6 Å². The average molecular weight is 427 g/mol. The van der Waals surface area contributed by atoms with Crippen molar-refractivity contribution in [3.63, 3.8) is 0 Å². The molecule has 1 atom stereocenters. The zero-order valence-electron chi connectivity index (χ0n) is 19.2. The third-order valence-corrected chi connectivity index (χ3v) is 4.79. The number of carbonyl (C=O) groups excluding carboxylic acids is 2. The lowest BCUT2D eigenvalue weighted by Crippen LogP contribution is -2.54. The van der Waals surface area contributed by atoms with Crippen LogP contribution in [0.2, 0.25) is 0 Å². The third kappa shape index (κ3) is 7.63. The molecule has 0 unspecified atom stereocenters. The van der Waals surface area contributed by atoms with E-state index in [1.807, 2.05) is 70.2 Å². The number of nitrogens with zero attached hydrogens (tertiary/aromatic N) is 1. The van der Waals surface area contributed by atoms with E-state index in [1.165, 1.54) is 0 Å². The number of carbonyl (C=O) groups is 2. The minimum absolute atomic E-state index is 0.159. The molecule has 168 valence electrons. The number of benzene rings is 2. The zero-order chi connectivity index (χ0) is 22.9. The maximum absolute atomic E-state index is 13.2. The number of hydrogen-bond donors (Lipinski definition) is 1. The second kappa shape index (κ2) is 11.4. The largest absolute Gasteiger partial charge is 0.493 e. The molecule has 0 saturated heterocycles. The van der Waals surface area contributed by atoms with Crippen molar-refractivity contribution in [2.45, 2.75) is 52.1 Å². The van der Waals surface area contributed by atoms with Gasteiger partial charge in [-0.1, -0.05) is 49.4 Å². The van der Waals surface area contributed by atoms with Crippen molar-refractivity contribution < 1.29 is 19.1 Å². The molecule has 0 aliphatic rings. The van der Waals surface area contributed by atoms with Crippen LogP contribution < -0.4 is 14.8 Å². The van der Waals surface area contributed by atoms with Crippen LogP contribution in [0.15, 0.2) is 54.6 Å². The Labute approximate surface area is 185 Å². The van der Waals surface area contributed by atoms with Gasteiger partial charge in [0.2, 0.25) is 5.91 Å². The highest BCUT2D eigenvalue weighted by Gasteiger charge is 2.30. The van der Waals surface area contributed by atoms with Crippen LogP contribution in [0.3, 0.4) is 0 Å². The van der Waals surface area contributed by atoms with Gasteiger partial charge in [-0.2, -0.15) is 0 Å². The Kier molecular flexibility index (Phi) is 8.91. The topological polar surface area (TPSA) is 67.9 Å². The van der Waals surface area contributed by atoms with Gasteiger partial charge in [-0.15, -0.1) is 0 Å². The Hall–Kier alpha value is -3.02. The van der Waals surface area contributed by atoms with Gasteiger partial charge in [0, 0.05) is 12.1 Å². The summed E-state index contributed by atoms with van der Waals surface area (Å²) in [6.45, 7) is 7.95. The van der Waals surface area contributed by atoms with Gasteiger partial charge in [0.05, 0.1) is 7.11 Å². The number of para-hydroxylation sites is 2. The molecule has 0 aliphatic heterocycles. The van der Waals surface area contributed by atoms with Crippen LogP contribution in [0.25, 0.3) is 0 Å². The van der Waals surface area contributed by atoms with Crippen molar-refractivity contribution in [1.82, 2.24) is 10.2 Å². The van der Waals surface area contributed by atoms with E-state index in [1.54, 1.807) is 24.1 Å². The lowest BCUT2D eigenvalue weighted by Gasteiger charge is -2.33. The van der Waals surface area contributed by atoms with E-state index >= 15 is 0 Å². The molecule has 2 amide bonds. The lowest BCUT2D eigenvalue weighted by atomic mass is 10.1. The minimum atomic E-state index is -0.572. The molecule has 0 fully saturated rings. The highest BCUT2D eigenvalue weighted by atomic mass is 16.5. The van der Waals surface area contributed by atoms with E-state index in [0.717, 1.165) is 5.56 Å². The zero-order valence-corrected chi connectivity index (χ0v) is 19.2. The van der Waals surface area contributed by atoms with E-state index in [4.69, 9.17) is 9.47 Å². The highest BCUT2D eigenvalue weighted by Crippen LogP contribution is 2.25. The Morgan fingerprint density at radius 2 is 1.61 bits per heavy atom. The molecule has 0 radical (unpaired) electrons. The van der Waals surface area contributed by atoms with E-state index < -0.39 is 6.04 Å². The number of methoxy groups -OCH3 is 1. The van der Waals surface area contributed by atoms with Crippen LogP contribution >= 0.6 is 0 Å². The van der Waals surface area contributed by atoms with Gasteiger partial charge in [-0.3, -0.25) is 9.59 Å². The Bertz CT molecular complexity index is 846. The maximum atomic E-state index is 13.2. The summed E-state index contributed by atoms with van der Waals surface area (Å²) < 4.78 is 11.0. The van der Waals surface area contributed by atoms with Crippen LogP contribution in [0, 0.1) is 0 Å². The van der Waals surface area contributed by atoms with Gasteiger partial charge >= 0.3 is 0 Å². The molecule has 6 heteroatoms. The van der Waals surface area contributed by atoms with Crippen molar-refractivity contribution >= 4 is 11.8 Å². The summed E-state index contributed by atoms with van der Waals surface area (Å²) in [5.74, 6) is 0.656. The molecule has 0 aliphatic carbocycles. The van der Waals surface area contributed by atoms with Crippen LogP contribution in [0.5, 0.6) is 11.5 Å². The van der Waals surface area contributed by atoms with Gasteiger partial charge in [-0.05, 0) is 51.3 Å². The Morgan fingerprint density at radius 1 is 1.00 bits per heavy atom. The molecule has 1 N–H and O–H groups in total. The Morgan fingerprint density at radius 3 is 2.19 bits per heavy atom. The summed E-state index contributed by atoms with van der Waals surface area (Å²) in [5.41, 5.74) is 0.726. The molecule has 0 heterocycles. The molecule has 31 heavy (non-hydrogen) atoms. The second-order valence-corrected chi connectivity index (χ2v) is 8.43. The van der Waals surface area contributed by atoms with Crippen molar-refractivity contribution in [3.8, 4) is 11.5 Å². The average Bonchev–Trinajstić information content (AvgIpc) is 2.74. The smallest absolute Gasteiger partial charge is 0.261 e. The highest BCUT2D eigenvalue weighted by molar-refractivity contribution is 5.88. The summed E-state index contributed by atoms with van der Waals surface area (Å²) in [6, 6.07) is 16.5. The molecule has 6 nitrogen and oxygen atoms in total. The molecule has 0 saturated carbocycles. The van der Waals surface area contributed by atoms with Crippen molar-refractivity contribution in [2.24, 2.45) is 0 Å². The van der Waals surface area contributed by atoms with E-state index in [9.17, 15) is 9.59 Å². The standard InChI is InChI=1S/C25H34N2O4/c1-6-20(24(29)26-25(2,3)4)27(17-16-19-12-8-7-9-13-19)23(28)18-31-22-15-11-10-14-21(22)30-5/h7-15,20H,6,16-18H2,1-5H3,(H,26,29)/t20-/m0/s1. The van der Waals surface area contributed by atoms with Crippen molar-refractivity contribution in [3.05, 3.63) is 60.2 Å². The molecule has 2 rings (SSSR count). The number of amides is 2. The maximum Gasteiger partial charge on any atom is 0.261 e. The van der Waals surface area contributed by atoms with E-state index in [2.05, 4.69) is 5.32 Å². The Balaban J connectivity index is 2.18. The second-order valence-electron chi connectivity index (χ2n) is 8.43. The molecule has 2 aromatic carbocycles. The van der Waals surface area contributed by atoms with Gasteiger partial charge in [0.15, 0.2) is 18.1 Å². The molecular formula is C25H34N2O4. The molecule has 0 aromatic heterocycles. The summed E-state index contributed by atoms with van der Waals surface area (Å²) in [7, 11) is 1.56. The molecule has 0 spiro atoms. The first-order valence-electron chi connectivity index (χ1n) is 10.7. The predicted molar refractivity (Wildman–Crippen MR) is 122 cm³/mol. The molecule has 0 bridgehead atoms. The number of rotatable bonds is 10. The van der Waals surface area contributed by atoms with E-state index in [-0.39, 0.29) is 24.0 Å². The first-order valence-corrected chi connectivity index (χ1v) is 10.7. The summed E-state index contributed by atoms with van der Waals surface area (Å²) in [6.07, 6.45) is 1.16. The van der Waals surface area contributed by atoms with E-state index in [0.29, 0.717) is 30.9 Å². The first-order chi connectivity index (χ1) is 14.7. The summed E-state index contributed by atoms with van der Waals surface area (Å²) in [5, 5.41) is 3.00. The van der Waals surface area contributed by atoms with Gasteiger partial charge in [0.1, 0.15) is 6.04 Å². The van der Waals surface area contributed by atoms with Gasteiger partial charge < -0.3 is 19.7 Å². The first kappa shape index (κ1) is 24.3. The quantitative estimate of drug-likeness (QED) is 0.627. The normalized spacial score (nSPS) is 12.0. The van der Waals surface area contributed by atoms with Gasteiger partial charge in [0.25, 0.3) is 5.91 Å². The minimum Gasteiger partial charge on any atom is -0.493 e. The molecule has 2 aromatic rings. The third-order valence-electron chi connectivity index (χ3n) is 4.79. The lowest BCUT2D eigenvalue weighted by molar-refractivity contribution is -0.142. The predicted octanol–water partition coefficient (Wildman–Crippen LogP) is 3.84. The fourth-order valence-electron chi connectivity index (χ4n) is 3.31. The van der Waals surface area contributed by atoms with Crippen LogP contribution in [0.4, 0.5) is 0 Å². The van der Waals surface area contributed by atoms with Crippen LogP contribution in [0.1, 0.15) is 39.7 Å². The van der Waals surface area contributed by atoms with Crippen LogP contribution in [-0.2, 0) is 16.0 Å².